The number of likely N-dealkylation sites (N-methyl/N-ethyl adjacent to an activating group) is 1. The molecule has 4 nitrogen and oxygen atoms in total. The lowest BCUT2D eigenvalue weighted by atomic mass is 10.2. The Bertz CT molecular complexity index is 637. The van der Waals surface area contributed by atoms with E-state index in [1.165, 1.54) is 11.3 Å². The van der Waals surface area contributed by atoms with Gasteiger partial charge in [-0.1, -0.05) is 23.7 Å². The fourth-order valence-electron chi connectivity index (χ4n) is 1.74. The van der Waals surface area contributed by atoms with E-state index >= 15 is 0 Å². The minimum atomic E-state index is -0.244. The highest BCUT2D eigenvalue weighted by Crippen LogP contribution is 2.28. The van der Waals surface area contributed by atoms with Gasteiger partial charge in [0.2, 0.25) is 5.91 Å². The van der Waals surface area contributed by atoms with E-state index in [1.807, 2.05) is 37.3 Å². The van der Waals surface area contributed by atoms with Crippen LogP contribution < -0.4 is 10.6 Å². The van der Waals surface area contributed by atoms with Crippen molar-refractivity contribution in [2.75, 3.05) is 13.1 Å². The van der Waals surface area contributed by atoms with Crippen LogP contribution in [0, 0.1) is 0 Å². The zero-order valence-electron chi connectivity index (χ0n) is 11.5. The molecule has 1 aromatic carbocycles. The predicted molar refractivity (Wildman–Crippen MR) is 85.8 cm³/mol. The van der Waals surface area contributed by atoms with Crippen LogP contribution in [0.25, 0.3) is 10.4 Å². The molecule has 0 atom stereocenters. The van der Waals surface area contributed by atoms with Crippen molar-refractivity contribution in [3.8, 4) is 10.4 Å². The number of benzene rings is 1. The second kappa shape index (κ2) is 7.24. The third kappa shape index (κ3) is 4.31. The highest BCUT2D eigenvalue weighted by Gasteiger charge is 2.11. The summed E-state index contributed by atoms with van der Waals surface area (Å²) in [5.41, 5.74) is 1.01. The molecule has 0 aliphatic carbocycles. The molecule has 0 saturated heterocycles. The molecule has 21 heavy (non-hydrogen) atoms. The molecule has 2 rings (SSSR count). The molecule has 0 unspecified atom stereocenters. The van der Waals surface area contributed by atoms with Gasteiger partial charge in [-0.2, -0.15) is 0 Å². The summed E-state index contributed by atoms with van der Waals surface area (Å²) in [4.78, 5) is 24.8. The maximum absolute atomic E-state index is 12.0. The topological polar surface area (TPSA) is 58.2 Å². The van der Waals surface area contributed by atoms with E-state index in [-0.39, 0.29) is 18.4 Å². The van der Waals surface area contributed by atoms with Gasteiger partial charge in [0.25, 0.3) is 5.91 Å². The summed E-state index contributed by atoms with van der Waals surface area (Å²) in [5.74, 6) is -0.438. The predicted octanol–water partition coefficient (Wildman–Crippen LogP) is 2.93. The smallest absolute Gasteiger partial charge is 0.261 e. The minimum Gasteiger partial charge on any atom is -0.355 e. The minimum absolute atomic E-state index is 0.0130. The Labute approximate surface area is 132 Å². The highest BCUT2D eigenvalue weighted by atomic mass is 35.5. The van der Waals surface area contributed by atoms with E-state index in [2.05, 4.69) is 10.6 Å². The zero-order chi connectivity index (χ0) is 15.2. The molecule has 0 aliphatic heterocycles. The van der Waals surface area contributed by atoms with Gasteiger partial charge < -0.3 is 10.6 Å². The van der Waals surface area contributed by atoms with Crippen molar-refractivity contribution in [1.82, 2.24) is 10.6 Å². The highest BCUT2D eigenvalue weighted by molar-refractivity contribution is 7.17. The van der Waals surface area contributed by atoms with Gasteiger partial charge in [-0.05, 0) is 36.8 Å². The number of hydrogen-bond acceptors (Lipinski definition) is 3. The lowest BCUT2D eigenvalue weighted by Gasteiger charge is -2.03. The Hall–Kier alpha value is -1.85. The fourth-order valence-corrected chi connectivity index (χ4v) is 2.79. The Kier molecular flexibility index (Phi) is 5.36. The summed E-state index contributed by atoms with van der Waals surface area (Å²) in [6, 6.07) is 11.1. The molecule has 2 amide bonds. The number of carbonyl (C=O) groups excluding carboxylic acids is 2. The second-order valence-electron chi connectivity index (χ2n) is 4.31. The van der Waals surface area contributed by atoms with E-state index in [0.29, 0.717) is 16.4 Å². The zero-order valence-corrected chi connectivity index (χ0v) is 13.1. The summed E-state index contributed by atoms with van der Waals surface area (Å²) in [6.45, 7) is 2.37. The molecule has 0 aliphatic rings. The summed E-state index contributed by atoms with van der Waals surface area (Å²) in [5, 5.41) is 5.90. The van der Waals surface area contributed by atoms with Gasteiger partial charge in [0, 0.05) is 16.4 Å². The van der Waals surface area contributed by atoms with Crippen LogP contribution in [0.1, 0.15) is 16.6 Å². The van der Waals surface area contributed by atoms with E-state index in [1.54, 1.807) is 6.07 Å². The first-order valence-electron chi connectivity index (χ1n) is 6.51. The first kappa shape index (κ1) is 15.5. The molecular weight excluding hydrogens is 308 g/mol. The number of thiophene rings is 1. The van der Waals surface area contributed by atoms with Crippen molar-refractivity contribution in [3.63, 3.8) is 0 Å². The monoisotopic (exact) mass is 322 g/mol. The maximum Gasteiger partial charge on any atom is 0.261 e. The molecular formula is C15H15ClN2O2S. The first-order valence-corrected chi connectivity index (χ1v) is 7.70. The maximum atomic E-state index is 12.0. The SMILES string of the molecule is CCNC(=O)CNC(=O)c1ccc(-c2ccc(Cl)cc2)s1. The summed E-state index contributed by atoms with van der Waals surface area (Å²) < 4.78 is 0. The number of hydrogen-bond donors (Lipinski definition) is 2. The van der Waals surface area contributed by atoms with E-state index in [9.17, 15) is 9.59 Å². The van der Waals surface area contributed by atoms with Crippen LogP contribution >= 0.6 is 22.9 Å². The lowest BCUT2D eigenvalue weighted by Crippen LogP contribution is -2.36. The van der Waals surface area contributed by atoms with Crippen LogP contribution in [0.3, 0.4) is 0 Å². The number of amides is 2. The summed E-state index contributed by atoms with van der Waals surface area (Å²) in [7, 11) is 0. The van der Waals surface area contributed by atoms with Gasteiger partial charge in [-0.3, -0.25) is 9.59 Å². The van der Waals surface area contributed by atoms with Crippen LogP contribution in [-0.4, -0.2) is 24.9 Å². The Balaban J connectivity index is 2.00. The van der Waals surface area contributed by atoms with Crippen LogP contribution in [-0.2, 0) is 4.79 Å². The van der Waals surface area contributed by atoms with Crippen molar-refractivity contribution < 1.29 is 9.59 Å². The molecule has 0 fully saturated rings. The normalized spacial score (nSPS) is 10.2. The van der Waals surface area contributed by atoms with Crippen LogP contribution in [0.5, 0.6) is 0 Å². The van der Waals surface area contributed by atoms with Gasteiger partial charge in [-0.25, -0.2) is 0 Å². The van der Waals surface area contributed by atoms with Crippen LogP contribution in [0.2, 0.25) is 5.02 Å². The Morgan fingerprint density at radius 3 is 2.48 bits per heavy atom. The molecule has 2 aromatic rings. The fraction of sp³-hybridized carbons (Fsp3) is 0.200. The third-order valence-corrected chi connectivity index (χ3v) is 4.13. The average Bonchev–Trinajstić information content (AvgIpc) is 2.96. The summed E-state index contributed by atoms with van der Waals surface area (Å²) >= 11 is 7.23. The van der Waals surface area contributed by atoms with Gasteiger partial charge in [0.15, 0.2) is 0 Å². The largest absolute Gasteiger partial charge is 0.355 e. The molecule has 1 heterocycles. The van der Waals surface area contributed by atoms with Gasteiger partial charge in [-0.15, -0.1) is 11.3 Å². The van der Waals surface area contributed by atoms with Crippen molar-refractivity contribution in [2.24, 2.45) is 0 Å². The lowest BCUT2D eigenvalue weighted by molar-refractivity contribution is -0.120. The average molecular weight is 323 g/mol. The Morgan fingerprint density at radius 2 is 1.81 bits per heavy atom. The van der Waals surface area contributed by atoms with Crippen LogP contribution in [0.15, 0.2) is 36.4 Å². The third-order valence-electron chi connectivity index (χ3n) is 2.74. The van der Waals surface area contributed by atoms with Crippen molar-refractivity contribution in [2.45, 2.75) is 6.92 Å². The van der Waals surface area contributed by atoms with E-state index in [0.717, 1.165) is 10.4 Å². The molecule has 0 saturated carbocycles. The molecule has 2 N–H and O–H groups in total. The quantitative estimate of drug-likeness (QED) is 0.889. The second-order valence-corrected chi connectivity index (χ2v) is 5.83. The number of halogens is 1. The van der Waals surface area contributed by atoms with E-state index in [4.69, 9.17) is 11.6 Å². The van der Waals surface area contributed by atoms with Crippen LogP contribution in [0.4, 0.5) is 0 Å². The molecule has 110 valence electrons. The molecule has 0 radical (unpaired) electrons. The summed E-state index contributed by atoms with van der Waals surface area (Å²) in [6.07, 6.45) is 0. The Morgan fingerprint density at radius 1 is 1.10 bits per heavy atom. The van der Waals surface area contributed by atoms with Crippen molar-refractivity contribution in [1.29, 1.82) is 0 Å². The molecule has 6 heteroatoms. The number of nitrogens with one attached hydrogen (secondary N) is 2. The number of rotatable bonds is 5. The standard InChI is InChI=1S/C15H15ClN2O2S/c1-2-17-14(19)9-18-15(20)13-8-7-12(21-13)10-3-5-11(16)6-4-10/h3-8H,2,9H2,1H3,(H,17,19)(H,18,20). The van der Waals surface area contributed by atoms with Crippen molar-refractivity contribution in [3.05, 3.63) is 46.3 Å². The molecule has 1 aromatic heterocycles. The van der Waals surface area contributed by atoms with Gasteiger partial charge in [0.05, 0.1) is 11.4 Å². The number of carbonyl (C=O) groups is 2. The van der Waals surface area contributed by atoms with Crippen molar-refractivity contribution >= 4 is 34.8 Å². The van der Waals surface area contributed by atoms with Gasteiger partial charge >= 0.3 is 0 Å². The molecule has 0 spiro atoms. The van der Waals surface area contributed by atoms with E-state index < -0.39 is 0 Å². The van der Waals surface area contributed by atoms with Gasteiger partial charge in [0.1, 0.15) is 0 Å². The molecule has 0 bridgehead atoms. The first-order chi connectivity index (χ1) is 10.1.